The van der Waals surface area contributed by atoms with E-state index in [1.807, 2.05) is 0 Å². The number of hydrogen-bond donors (Lipinski definition) is 6. The van der Waals surface area contributed by atoms with Crippen molar-refractivity contribution in [3.8, 4) is 11.5 Å². The van der Waals surface area contributed by atoms with Crippen molar-refractivity contribution in [2.75, 3.05) is 11.5 Å². The number of carbonyl (C=O) groups is 4. The molecule has 7 N–H and O–H groups in total. The molecular formula is C26H25N6O9S2+. The second-order valence-corrected chi connectivity index (χ2v) is 12.1. The van der Waals surface area contributed by atoms with E-state index in [0.29, 0.717) is 16.3 Å². The van der Waals surface area contributed by atoms with Gasteiger partial charge >= 0.3 is 11.9 Å². The summed E-state index contributed by atoms with van der Waals surface area (Å²) in [6, 6.07) is 3.39. The fourth-order valence-electron chi connectivity index (χ4n) is 4.40. The maximum Gasteiger partial charge on any atom is 0.352 e. The molecule has 0 saturated carbocycles. The summed E-state index contributed by atoms with van der Waals surface area (Å²) >= 11 is 2.27. The van der Waals surface area contributed by atoms with Gasteiger partial charge in [-0.2, -0.15) is 0 Å². The Morgan fingerprint density at radius 3 is 2.56 bits per heavy atom. The number of oxime groups is 1. The van der Waals surface area contributed by atoms with Gasteiger partial charge in [-0.3, -0.25) is 14.5 Å². The van der Waals surface area contributed by atoms with E-state index in [4.69, 9.17) is 10.6 Å². The zero-order chi connectivity index (χ0) is 31.2. The number of nitrogens with zero attached hydrogens (tertiary/aromatic N) is 4. The number of aliphatic carboxylic acids is 2. The average Bonchev–Trinajstić information content (AvgIpc) is 3.37. The SMILES string of the molecule is CC(C)(O/N=C(\C(=O)NC1C(=O)N2C(C(=O)O)=C(C[n+]3ccc4cc(O)c(O)cc4c3)CSC12)c1csc(N)n1)C(=O)O. The lowest BCUT2D eigenvalue weighted by Crippen LogP contribution is -2.71. The number of nitrogens with one attached hydrogen (secondary N) is 1. The first-order valence-electron chi connectivity index (χ1n) is 12.5. The largest absolute Gasteiger partial charge is 0.504 e. The minimum Gasteiger partial charge on any atom is -0.504 e. The lowest BCUT2D eigenvalue weighted by molar-refractivity contribution is -0.687. The smallest absolute Gasteiger partial charge is 0.352 e. The molecule has 0 bridgehead atoms. The van der Waals surface area contributed by atoms with Crippen LogP contribution in [0, 0.1) is 0 Å². The third-order valence-electron chi connectivity index (χ3n) is 6.70. The van der Waals surface area contributed by atoms with Gasteiger partial charge in [0.15, 0.2) is 41.3 Å². The average molecular weight is 630 g/mol. The van der Waals surface area contributed by atoms with Crippen LogP contribution >= 0.6 is 23.1 Å². The molecule has 2 unspecified atom stereocenters. The standard InChI is InChI=1S/C26H24N6O9S2/c1-26(2,24(39)40)41-30-17(14-10-43-25(27)28-14)20(35)29-18-21(36)32-19(23(37)38)13(9-42-22(18)32)8-31-4-3-11-5-15(33)16(34)6-12(11)7-31/h3-7,10,18,22H,8-9H2,1-2H3,(H6,27,28,29,34,35,37,38,39,40)/p+1/b30-17-. The van der Waals surface area contributed by atoms with Gasteiger partial charge in [0.1, 0.15) is 22.8 Å². The molecule has 17 heteroatoms. The van der Waals surface area contributed by atoms with Crippen molar-refractivity contribution in [3.63, 3.8) is 0 Å². The molecule has 0 spiro atoms. The summed E-state index contributed by atoms with van der Waals surface area (Å²) < 4.78 is 1.70. The number of rotatable bonds is 9. The number of nitrogens with two attached hydrogens (primary N) is 1. The number of aromatic nitrogens is 2. The molecule has 5 rings (SSSR count). The van der Waals surface area contributed by atoms with Gasteiger partial charge in [-0.15, -0.1) is 23.1 Å². The molecule has 1 aromatic carbocycles. The number of benzene rings is 1. The first-order chi connectivity index (χ1) is 20.3. The van der Waals surface area contributed by atoms with Crippen molar-refractivity contribution in [1.82, 2.24) is 15.2 Å². The summed E-state index contributed by atoms with van der Waals surface area (Å²) in [5.41, 5.74) is 3.75. The molecule has 1 saturated heterocycles. The Kier molecular flexibility index (Phi) is 7.61. The summed E-state index contributed by atoms with van der Waals surface area (Å²) in [6.07, 6.45) is 3.36. The highest BCUT2D eigenvalue weighted by atomic mass is 32.2. The summed E-state index contributed by atoms with van der Waals surface area (Å²) in [5.74, 6) is -4.53. The number of thiazole rings is 1. The van der Waals surface area contributed by atoms with Gasteiger partial charge in [-0.05, 0) is 31.4 Å². The number of phenolic OH excluding ortho intramolecular Hbond substituents is 2. The number of pyridine rings is 1. The van der Waals surface area contributed by atoms with Crippen LogP contribution in [-0.4, -0.2) is 82.5 Å². The number of β-lactam (4-membered cyclic amide) rings is 1. The summed E-state index contributed by atoms with van der Waals surface area (Å²) in [4.78, 5) is 60.4. The normalized spacial score (nSPS) is 18.7. The molecule has 1 fully saturated rings. The minimum atomic E-state index is -1.78. The fraction of sp³-hybridized carbons (Fsp3) is 0.269. The minimum absolute atomic E-state index is 0.00506. The van der Waals surface area contributed by atoms with Gasteiger partial charge in [-0.1, -0.05) is 5.16 Å². The fourth-order valence-corrected chi connectivity index (χ4v) is 6.28. The number of aromatic hydroxyl groups is 2. The molecule has 2 atom stereocenters. The molecule has 224 valence electrons. The van der Waals surface area contributed by atoms with Crippen LogP contribution in [0.15, 0.2) is 52.4 Å². The van der Waals surface area contributed by atoms with E-state index in [2.05, 4.69) is 15.5 Å². The Morgan fingerprint density at radius 2 is 1.93 bits per heavy atom. The lowest BCUT2D eigenvalue weighted by Gasteiger charge is -2.49. The van der Waals surface area contributed by atoms with E-state index in [1.54, 1.807) is 23.0 Å². The third kappa shape index (κ3) is 5.63. The number of phenols is 2. The van der Waals surface area contributed by atoms with Crippen LogP contribution in [-0.2, 0) is 30.6 Å². The molecule has 2 aliphatic heterocycles. The maximum atomic E-state index is 13.2. The molecule has 2 aliphatic rings. The second-order valence-electron chi connectivity index (χ2n) is 10.1. The highest BCUT2D eigenvalue weighted by molar-refractivity contribution is 8.00. The zero-order valence-corrected chi connectivity index (χ0v) is 24.2. The molecule has 0 radical (unpaired) electrons. The van der Waals surface area contributed by atoms with Crippen LogP contribution in [0.2, 0.25) is 0 Å². The topological polar surface area (TPSA) is 229 Å². The van der Waals surface area contributed by atoms with E-state index in [9.17, 15) is 39.6 Å². The maximum absolute atomic E-state index is 13.2. The van der Waals surface area contributed by atoms with E-state index in [1.165, 1.54) is 43.1 Å². The first kappa shape index (κ1) is 29.6. The van der Waals surface area contributed by atoms with Crippen molar-refractivity contribution in [2.24, 2.45) is 5.16 Å². The van der Waals surface area contributed by atoms with Crippen molar-refractivity contribution in [1.29, 1.82) is 0 Å². The quantitative estimate of drug-likeness (QED) is 0.0629. The zero-order valence-electron chi connectivity index (χ0n) is 22.5. The van der Waals surface area contributed by atoms with Gasteiger partial charge in [0.05, 0.1) is 0 Å². The van der Waals surface area contributed by atoms with E-state index in [-0.39, 0.29) is 40.3 Å². The van der Waals surface area contributed by atoms with Crippen LogP contribution in [0.5, 0.6) is 11.5 Å². The number of hydrogen-bond acceptors (Lipinski definition) is 12. The Labute approximate surface area is 250 Å². The summed E-state index contributed by atoms with van der Waals surface area (Å²) in [6.45, 7) is 2.59. The Morgan fingerprint density at radius 1 is 1.23 bits per heavy atom. The van der Waals surface area contributed by atoms with Crippen LogP contribution in [0.25, 0.3) is 10.8 Å². The lowest BCUT2D eigenvalue weighted by atomic mass is 10.0. The predicted octanol–water partition coefficient (Wildman–Crippen LogP) is 0.600. The molecule has 0 aliphatic carbocycles. The first-order valence-corrected chi connectivity index (χ1v) is 14.5. The van der Waals surface area contributed by atoms with E-state index in [0.717, 1.165) is 16.2 Å². The van der Waals surface area contributed by atoms with Crippen LogP contribution in [0.3, 0.4) is 0 Å². The molecule has 3 aromatic rings. The molecule has 2 amide bonds. The van der Waals surface area contributed by atoms with Gasteiger partial charge in [0, 0.05) is 28.2 Å². The Balaban J connectivity index is 1.37. The number of anilines is 1. The van der Waals surface area contributed by atoms with E-state index < -0.39 is 46.5 Å². The number of nitrogen functional groups attached to an aromatic ring is 1. The van der Waals surface area contributed by atoms with Crippen molar-refractivity contribution in [3.05, 3.63) is 52.9 Å². The van der Waals surface area contributed by atoms with Crippen molar-refractivity contribution in [2.45, 2.75) is 37.4 Å². The van der Waals surface area contributed by atoms with Gasteiger partial charge in [-0.25, -0.2) is 19.1 Å². The number of fused-ring (bicyclic) bond motifs is 2. The Bertz CT molecular complexity index is 1750. The second kappa shape index (κ2) is 11.1. The summed E-state index contributed by atoms with van der Waals surface area (Å²) in [5, 5.41) is 47.3. The molecular weight excluding hydrogens is 604 g/mol. The molecule has 15 nitrogen and oxygen atoms in total. The monoisotopic (exact) mass is 629 g/mol. The predicted molar refractivity (Wildman–Crippen MR) is 153 cm³/mol. The number of carbonyl (C=O) groups excluding carboxylic acids is 2. The van der Waals surface area contributed by atoms with Crippen LogP contribution < -0.4 is 15.6 Å². The molecule has 4 heterocycles. The number of thioether (sulfide) groups is 1. The van der Waals surface area contributed by atoms with E-state index >= 15 is 0 Å². The third-order valence-corrected chi connectivity index (χ3v) is 8.71. The Hall–Kier alpha value is -4.90. The van der Waals surface area contributed by atoms with Gasteiger partial charge < -0.3 is 36.3 Å². The number of carboxylic acids is 2. The van der Waals surface area contributed by atoms with Crippen LogP contribution in [0.4, 0.5) is 5.13 Å². The highest BCUT2D eigenvalue weighted by Gasteiger charge is 2.55. The number of amides is 2. The number of carboxylic acid groups (broad SMARTS) is 2. The van der Waals surface area contributed by atoms with Gasteiger partial charge in [0.25, 0.3) is 11.8 Å². The highest BCUT2D eigenvalue weighted by Crippen LogP contribution is 2.40. The van der Waals surface area contributed by atoms with Crippen molar-refractivity contribution < 1.29 is 49.0 Å². The van der Waals surface area contributed by atoms with Gasteiger partial charge in [0.2, 0.25) is 5.60 Å². The molecule has 2 aromatic heterocycles. The molecule has 43 heavy (non-hydrogen) atoms. The van der Waals surface area contributed by atoms with Crippen molar-refractivity contribution >= 4 is 68.5 Å². The van der Waals surface area contributed by atoms with Crippen LogP contribution in [0.1, 0.15) is 19.5 Å². The summed E-state index contributed by atoms with van der Waals surface area (Å²) in [7, 11) is 0.